The molecule has 0 radical (unpaired) electrons. The van der Waals surface area contributed by atoms with E-state index >= 15 is 0 Å². The Morgan fingerprint density at radius 1 is 1.10 bits per heavy atom. The monoisotopic (exact) mass is 305 g/mol. The summed E-state index contributed by atoms with van der Waals surface area (Å²) in [5, 5.41) is 3.69. The number of rotatable bonds is 7. The van der Waals surface area contributed by atoms with Gasteiger partial charge in [-0.05, 0) is 30.3 Å². The highest BCUT2D eigenvalue weighted by molar-refractivity contribution is 6.32. The van der Waals surface area contributed by atoms with Crippen LogP contribution < -0.4 is 10.1 Å². The van der Waals surface area contributed by atoms with E-state index < -0.39 is 0 Å². The van der Waals surface area contributed by atoms with Crippen LogP contribution in [0.4, 0.5) is 0 Å². The molecule has 0 fully saturated rings. The predicted molar refractivity (Wildman–Crippen MR) is 87.1 cm³/mol. The van der Waals surface area contributed by atoms with Gasteiger partial charge in [-0.3, -0.25) is 0 Å². The molecule has 2 rings (SSSR count). The fourth-order valence-corrected chi connectivity index (χ4v) is 2.36. The Kier molecular flexibility index (Phi) is 6.05. The standard InChI is InChI=1S/C17H20ClNO2/c1-19-11-15(12-20-2)21-17-9-8-14(10-16(17)18)13-6-4-3-5-7-13/h3-10,15,19H,11-12H2,1-2H3. The van der Waals surface area contributed by atoms with Crippen molar-refractivity contribution in [3.05, 3.63) is 53.6 Å². The lowest BCUT2D eigenvalue weighted by molar-refractivity contribution is 0.0819. The van der Waals surface area contributed by atoms with Gasteiger partial charge in [0.05, 0.1) is 11.6 Å². The highest BCUT2D eigenvalue weighted by Crippen LogP contribution is 2.30. The summed E-state index contributed by atoms with van der Waals surface area (Å²) in [6, 6.07) is 16.0. The number of methoxy groups -OCH3 is 1. The summed E-state index contributed by atoms with van der Waals surface area (Å²) in [5.41, 5.74) is 2.21. The summed E-state index contributed by atoms with van der Waals surface area (Å²) in [5.74, 6) is 0.675. The van der Waals surface area contributed by atoms with Crippen molar-refractivity contribution in [2.45, 2.75) is 6.10 Å². The van der Waals surface area contributed by atoms with Crippen LogP contribution in [0.2, 0.25) is 5.02 Å². The molecule has 1 unspecified atom stereocenters. The second kappa shape index (κ2) is 8.03. The third-order valence-electron chi connectivity index (χ3n) is 3.12. The van der Waals surface area contributed by atoms with Gasteiger partial charge in [0.1, 0.15) is 11.9 Å². The maximum atomic E-state index is 6.34. The molecule has 2 aromatic rings. The number of hydrogen-bond donors (Lipinski definition) is 1. The zero-order valence-electron chi connectivity index (χ0n) is 12.3. The van der Waals surface area contributed by atoms with Crippen LogP contribution in [0.5, 0.6) is 5.75 Å². The molecule has 1 N–H and O–H groups in total. The van der Waals surface area contributed by atoms with Gasteiger partial charge in [0.2, 0.25) is 0 Å². The first-order valence-corrected chi connectivity index (χ1v) is 7.27. The van der Waals surface area contributed by atoms with Gasteiger partial charge in [-0.25, -0.2) is 0 Å². The van der Waals surface area contributed by atoms with Gasteiger partial charge >= 0.3 is 0 Å². The third kappa shape index (κ3) is 4.46. The topological polar surface area (TPSA) is 30.5 Å². The van der Waals surface area contributed by atoms with E-state index in [-0.39, 0.29) is 6.10 Å². The van der Waals surface area contributed by atoms with Crippen molar-refractivity contribution in [3.63, 3.8) is 0 Å². The SMILES string of the molecule is CNCC(COC)Oc1ccc(-c2ccccc2)cc1Cl. The summed E-state index contributed by atoms with van der Waals surface area (Å²) in [4.78, 5) is 0. The van der Waals surface area contributed by atoms with Crippen molar-refractivity contribution in [2.75, 3.05) is 27.3 Å². The molecule has 0 aromatic heterocycles. The lowest BCUT2D eigenvalue weighted by atomic mass is 10.1. The van der Waals surface area contributed by atoms with Crippen LogP contribution in [-0.2, 0) is 4.74 Å². The van der Waals surface area contributed by atoms with Crippen molar-refractivity contribution >= 4 is 11.6 Å². The van der Waals surface area contributed by atoms with Crippen molar-refractivity contribution in [1.29, 1.82) is 0 Å². The number of likely N-dealkylation sites (N-methyl/N-ethyl adjacent to an activating group) is 1. The van der Waals surface area contributed by atoms with Gasteiger partial charge in [0.15, 0.2) is 0 Å². The summed E-state index contributed by atoms with van der Waals surface area (Å²) in [6.07, 6.45) is -0.0694. The average Bonchev–Trinajstić information content (AvgIpc) is 2.50. The van der Waals surface area contributed by atoms with E-state index in [1.165, 1.54) is 0 Å². The van der Waals surface area contributed by atoms with E-state index in [0.29, 0.717) is 23.9 Å². The molecule has 0 aliphatic heterocycles. The lowest BCUT2D eigenvalue weighted by Crippen LogP contribution is -2.33. The number of hydrogen-bond acceptors (Lipinski definition) is 3. The minimum atomic E-state index is -0.0694. The largest absolute Gasteiger partial charge is 0.485 e. The van der Waals surface area contributed by atoms with E-state index in [1.54, 1.807) is 7.11 Å². The Balaban J connectivity index is 2.15. The van der Waals surface area contributed by atoms with Crippen molar-refractivity contribution in [1.82, 2.24) is 5.32 Å². The molecule has 0 saturated carbocycles. The molecular formula is C17H20ClNO2. The van der Waals surface area contributed by atoms with Crippen molar-refractivity contribution in [2.24, 2.45) is 0 Å². The zero-order chi connectivity index (χ0) is 15.1. The molecule has 0 aliphatic carbocycles. The minimum Gasteiger partial charge on any atom is -0.485 e. The summed E-state index contributed by atoms with van der Waals surface area (Å²) >= 11 is 6.34. The van der Waals surface area contributed by atoms with E-state index in [0.717, 1.165) is 11.1 Å². The van der Waals surface area contributed by atoms with Crippen LogP contribution in [-0.4, -0.2) is 33.4 Å². The number of ether oxygens (including phenoxy) is 2. The molecule has 3 nitrogen and oxygen atoms in total. The van der Waals surface area contributed by atoms with Gasteiger partial charge in [-0.15, -0.1) is 0 Å². The molecular weight excluding hydrogens is 286 g/mol. The Labute approximate surface area is 130 Å². The average molecular weight is 306 g/mol. The smallest absolute Gasteiger partial charge is 0.138 e. The van der Waals surface area contributed by atoms with Gasteiger partial charge in [-0.1, -0.05) is 48.0 Å². The fourth-order valence-electron chi connectivity index (χ4n) is 2.13. The summed E-state index contributed by atoms with van der Waals surface area (Å²) < 4.78 is 11.1. The number of nitrogens with one attached hydrogen (secondary N) is 1. The Morgan fingerprint density at radius 2 is 1.86 bits per heavy atom. The molecule has 0 heterocycles. The molecule has 0 saturated heterocycles. The molecule has 112 valence electrons. The van der Waals surface area contributed by atoms with Gasteiger partial charge in [0, 0.05) is 13.7 Å². The van der Waals surface area contributed by atoms with Crippen LogP contribution in [0.3, 0.4) is 0 Å². The Morgan fingerprint density at radius 3 is 2.48 bits per heavy atom. The maximum absolute atomic E-state index is 6.34. The van der Waals surface area contributed by atoms with Crippen LogP contribution in [0.1, 0.15) is 0 Å². The Hall–Kier alpha value is -1.55. The van der Waals surface area contributed by atoms with Gasteiger partial charge in [0.25, 0.3) is 0 Å². The second-order valence-corrected chi connectivity index (χ2v) is 5.17. The first kappa shape index (κ1) is 15.8. The second-order valence-electron chi connectivity index (χ2n) is 4.76. The molecule has 4 heteroatoms. The van der Waals surface area contributed by atoms with E-state index in [9.17, 15) is 0 Å². The van der Waals surface area contributed by atoms with E-state index in [1.807, 2.05) is 43.4 Å². The normalized spacial score (nSPS) is 12.1. The van der Waals surface area contributed by atoms with Crippen molar-refractivity contribution in [3.8, 4) is 16.9 Å². The quantitative estimate of drug-likeness (QED) is 0.847. The molecule has 1 atom stereocenters. The Bertz CT molecular complexity index is 554. The fraction of sp³-hybridized carbons (Fsp3) is 0.294. The van der Waals surface area contributed by atoms with Crippen LogP contribution >= 0.6 is 11.6 Å². The molecule has 21 heavy (non-hydrogen) atoms. The molecule has 2 aromatic carbocycles. The first-order chi connectivity index (χ1) is 10.2. The van der Waals surface area contributed by atoms with Crippen LogP contribution in [0.25, 0.3) is 11.1 Å². The van der Waals surface area contributed by atoms with E-state index in [4.69, 9.17) is 21.1 Å². The van der Waals surface area contributed by atoms with Crippen molar-refractivity contribution < 1.29 is 9.47 Å². The number of benzene rings is 2. The zero-order valence-corrected chi connectivity index (χ0v) is 13.1. The number of halogens is 1. The summed E-state index contributed by atoms with van der Waals surface area (Å²) in [7, 11) is 3.54. The molecule has 0 bridgehead atoms. The van der Waals surface area contributed by atoms with Crippen LogP contribution in [0, 0.1) is 0 Å². The van der Waals surface area contributed by atoms with Gasteiger partial charge < -0.3 is 14.8 Å². The van der Waals surface area contributed by atoms with E-state index in [2.05, 4.69) is 17.4 Å². The third-order valence-corrected chi connectivity index (χ3v) is 3.41. The lowest BCUT2D eigenvalue weighted by Gasteiger charge is -2.19. The highest BCUT2D eigenvalue weighted by Gasteiger charge is 2.12. The van der Waals surface area contributed by atoms with Crippen LogP contribution in [0.15, 0.2) is 48.5 Å². The molecule has 0 aliphatic rings. The maximum Gasteiger partial charge on any atom is 0.138 e. The first-order valence-electron chi connectivity index (χ1n) is 6.89. The molecule has 0 amide bonds. The molecule has 0 spiro atoms. The summed E-state index contributed by atoms with van der Waals surface area (Å²) in [6.45, 7) is 1.21. The van der Waals surface area contributed by atoms with Gasteiger partial charge in [-0.2, -0.15) is 0 Å². The highest BCUT2D eigenvalue weighted by atomic mass is 35.5. The predicted octanol–water partition coefficient (Wildman–Crippen LogP) is 3.62. The minimum absolute atomic E-state index is 0.0694.